The van der Waals surface area contributed by atoms with E-state index in [-0.39, 0.29) is 11.4 Å². The van der Waals surface area contributed by atoms with Gasteiger partial charge in [0, 0.05) is 10.6 Å². The van der Waals surface area contributed by atoms with E-state index in [1.54, 1.807) is 6.92 Å². The second-order valence-electron chi connectivity index (χ2n) is 5.79. The quantitative estimate of drug-likeness (QED) is 0.550. The number of carbonyl (C=O) groups excluding carboxylic acids is 2. The lowest BCUT2D eigenvalue weighted by molar-refractivity contribution is -0.136. The molecule has 0 aliphatic heterocycles. The molecule has 0 saturated heterocycles. The van der Waals surface area contributed by atoms with Crippen molar-refractivity contribution < 1.29 is 19.4 Å². The van der Waals surface area contributed by atoms with E-state index >= 15 is 0 Å². The van der Waals surface area contributed by atoms with Gasteiger partial charge in [0.05, 0.1) is 18.3 Å². The molecule has 0 aliphatic carbocycles. The number of phenols is 1. The van der Waals surface area contributed by atoms with Crippen molar-refractivity contribution in [2.45, 2.75) is 26.8 Å². The lowest BCUT2D eigenvalue weighted by atomic mass is 10.0. The topological polar surface area (TPSA) is 87.7 Å². The highest BCUT2D eigenvalue weighted by Gasteiger charge is 2.20. The van der Waals surface area contributed by atoms with E-state index in [9.17, 15) is 14.7 Å². The zero-order valence-corrected chi connectivity index (χ0v) is 15.6. The van der Waals surface area contributed by atoms with Gasteiger partial charge in [0.15, 0.2) is 0 Å². The number of benzene rings is 2. The van der Waals surface area contributed by atoms with Gasteiger partial charge in [0.1, 0.15) is 11.5 Å². The van der Waals surface area contributed by atoms with Crippen LogP contribution in [0.5, 0.6) is 11.5 Å². The number of anilines is 1. The highest BCUT2D eigenvalue weighted by Crippen LogP contribution is 2.28. The number of rotatable bonds is 5. The van der Waals surface area contributed by atoms with Gasteiger partial charge in [-0.25, -0.2) is 0 Å². The minimum Gasteiger partial charge on any atom is -0.506 e. The van der Waals surface area contributed by atoms with Gasteiger partial charge in [0.2, 0.25) is 0 Å². The van der Waals surface area contributed by atoms with Crippen molar-refractivity contribution in [3.63, 3.8) is 0 Å². The van der Waals surface area contributed by atoms with Crippen LogP contribution in [-0.4, -0.2) is 23.5 Å². The first-order valence-corrected chi connectivity index (χ1v) is 8.53. The third kappa shape index (κ3) is 4.89. The van der Waals surface area contributed by atoms with Crippen LogP contribution in [0.15, 0.2) is 36.4 Å². The summed E-state index contributed by atoms with van der Waals surface area (Å²) in [7, 11) is 0. The van der Waals surface area contributed by atoms with Gasteiger partial charge in [-0.1, -0.05) is 29.3 Å². The molecule has 0 spiro atoms. The van der Waals surface area contributed by atoms with Crippen LogP contribution in [0.3, 0.4) is 0 Å². The zero-order valence-electron chi connectivity index (χ0n) is 14.8. The van der Waals surface area contributed by atoms with Gasteiger partial charge in [-0.2, -0.15) is 0 Å². The van der Waals surface area contributed by atoms with Crippen molar-refractivity contribution in [1.82, 2.24) is 5.32 Å². The Hall–Kier alpha value is -2.73. The number of carbonyl (C=O) groups is 2. The van der Waals surface area contributed by atoms with Crippen LogP contribution in [0.4, 0.5) is 5.69 Å². The monoisotopic (exact) mass is 376 g/mol. The summed E-state index contributed by atoms with van der Waals surface area (Å²) in [4.78, 5) is 24.3. The summed E-state index contributed by atoms with van der Waals surface area (Å²) in [5.41, 5.74) is 1.85. The number of aromatic hydroxyl groups is 1. The van der Waals surface area contributed by atoms with Crippen LogP contribution < -0.4 is 15.4 Å². The van der Waals surface area contributed by atoms with Crippen LogP contribution in [-0.2, 0) is 9.59 Å². The van der Waals surface area contributed by atoms with E-state index in [4.69, 9.17) is 16.3 Å². The maximum absolute atomic E-state index is 12.2. The molecule has 2 aromatic carbocycles. The average molecular weight is 377 g/mol. The molecule has 0 fully saturated rings. The molecular formula is C19H21ClN2O4. The summed E-state index contributed by atoms with van der Waals surface area (Å²) < 4.78 is 5.58. The minimum atomic E-state index is -0.903. The van der Waals surface area contributed by atoms with Crippen molar-refractivity contribution >= 4 is 29.1 Å². The zero-order chi connectivity index (χ0) is 19.3. The molecule has 3 N–H and O–H groups in total. The molecule has 6 nitrogen and oxygen atoms in total. The number of phenolic OH excluding ortho intramolecular Hbond substituents is 1. The highest BCUT2D eigenvalue weighted by atomic mass is 35.5. The fraction of sp³-hybridized carbons (Fsp3) is 0.263. The molecule has 2 aromatic rings. The Morgan fingerprint density at radius 3 is 2.62 bits per heavy atom. The molecule has 26 heavy (non-hydrogen) atoms. The van der Waals surface area contributed by atoms with Crippen molar-refractivity contribution in [3.8, 4) is 11.5 Å². The molecule has 2 amide bonds. The second-order valence-corrected chi connectivity index (χ2v) is 6.22. The summed E-state index contributed by atoms with van der Waals surface area (Å²) in [6.07, 6.45) is 0. The number of amides is 2. The second kappa shape index (κ2) is 8.58. The Morgan fingerprint density at radius 1 is 1.19 bits per heavy atom. The summed E-state index contributed by atoms with van der Waals surface area (Å²) in [6.45, 7) is 6.06. The number of halogens is 1. The van der Waals surface area contributed by atoms with Crippen LogP contribution >= 0.6 is 11.6 Å². The molecule has 1 atom stereocenters. The molecule has 2 rings (SSSR count). The SMILES string of the molecule is CCOc1ccc(C)cc1C(C)NC(=O)C(=O)Nc1cc(Cl)ccc1O. The lowest BCUT2D eigenvalue weighted by Crippen LogP contribution is -2.37. The number of aryl methyl sites for hydroxylation is 1. The van der Waals surface area contributed by atoms with E-state index in [0.717, 1.165) is 11.1 Å². The molecule has 0 aliphatic rings. The molecule has 138 valence electrons. The predicted molar refractivity (Wildman–Crippen MR) is 101 cm³/mol. The van der Waals surface area contributed by atoms with E-state index in [1.165, 1.54) is 18.2 Å². The van der Waals surface area contributed by atoms with E-state index < -0.39 is 17.9 Å². The van der Waals surface area contributed by atoms with E-state index in [1.807, 2.05) is 32.0 Å². The first-order valence-electron chi connectivity index (χ1n) is 8.15. The van der Waals surface area contributed by atoms with E-state index in [0.29, 0.717) is 17.4 Å². The Kier molecular flexibility index (Phi) is 6.46. The largest absolute Gasteiger partial charge is 0.506 e. The van der Waals surface area contributed by atoms with Crippen LogP contribution in [0.1, 0.15) is 31.0 Å². The molecule has 0 aromatic heterocycles. The van der Waals surface area contributed by atoms with Gasteiger partial charge in [-0.15, -0.1) is 0 Å². The van der Waals surface area contributed by atoms with Crippen molar-refractivity contribution in [2.24, 2.45) is 0 Å². The first-order chi connectivity index (χ1) is 12.3. The molecule has 0 heterocycles. The normalized spacial score (nSPS) is 11.5. The first kappa shape index (κ1) is 19.6. The molecule has 0 radical (unpaired) electrons. The van der Waals surface area contributed by atoms with Crippen molar-refractivity contribution in [2.75, 3.05) is 11.9 Å². The van der Waals surface area contributed by atoms with Gasteiger partial charge in [-0.05, 0) is 45.0 Å². The summed E-state index contributed by atoms with van der Waals surface area (Å²) in [6, 6.07) is 9.37. The molecular weight excluding hydrogens is 356 g/mol. The van der Waals surface area contributed by atoms with Crippen LogP contribution in [0.2, 0.25) is 5.02 Å². The average Bonchev–Trinajstić information content (AvgIpc) is 2.59. The molecule has 0 bridgehead atoms. The Bertz CT molecular complexity index is 823. The summed E-state index contributed by atoms with van der Waals surface area (Å²) in [5, 5.41) is 15.0. The Balaban J connectivity index is 2.10. The van der Waals surface area contributed by atoms with Gasteiger partial charge in [-0.3, -0.25) is 9.59 Å². The molecule has 7 heteroatoms. The number of ether oxygens (including phenoxy) is 1. The third-order valence-electron chi connectivity index (χ3n) is 3.69. The standard InChI is InChI=1S/C19H21ClN2O4/c1-4-26-17-8-5-11(2)9-14(17)12(3)21-18(24)19(25)22-15-10-13(20)6-7-16(15)23/h5-10,12,23H,4H2,1-3H3,(H,21,24)(H,22,25). The van der Waals surface area contributed by atoms with E-state index in [2.05, 4.69) is 10.6 Å². The van der Waals surface area contributed by atoms with Crippen molar-refractivity contribution in [3.05, 3.63) is 52.5 Å². The van der Waals surface area contributed by atoms with Crippen LogP contribution in [0.25, 0.3) is 0 Å². The fourth-order valence-electron chi connectivity index (χ4n) is 2.42. The number of hydrogen-bond donors (Lipinski definition) is 3. The summed E-state index contributed by atoms with van der Waals surface area (Å²) in [5.74, 6) is -1.26. The lowest BCUT2D eigenvalue weighted by Gasteiger charge is -2.18. The maximum Gasteiger partial charge on any atom is 0.313 e. The van der Waals surface area contributed by atoms with Crippen LogP contribution in [0, 0.1) is 6.92 Å². The van der Waals surface area contributed by atoms with Gasteiger partial charge >= 0.3 is 11.8 Å². The fourth-order valence-corrected chi connectivity index (χ4v) is 2.59. The van der Waals surface area contributed by atoms with Gasteiger partial charge < -0.3 is 20.5 Å². The molecule has 0 saturated carbocycles. The maximum atomic E-state index is 12.2. The smallest absolute Gasteiger partial charge is 0.313 e. The highest BCUT2D eigenvalue weighted by molar-refractivity contribution is 6.40. The number of hydrogen-bond acceptors (Lipinski definition) is 4. The Morgan fingerprint density at radius 2 is 1.92 bits per heavy atom. The number of nitrogens with one attached hydrogen (secondary N) is 2. The third-order valence-corrected chi connectivity index (χ3v) is 3.93. The molecule has 1 unspecified atom stereocenters. The minimum absolute atomic E-state index is 0.0656. The van der Waals surface area contributed by atoms with Crippen molar-refractivity contribution in [1.29, 1.82) is 0 Å². The van der Waals surface area contributed by atoms with Gasteiger partial charge in [0.25, 0.3) is 0 Å². The Labute approximate surface area is 157 Å². The summed E-state index contributed by atoms with van der Waals surface area (Å²) >= 11 is 5.83. The predicted octanol–water partition coefficient (Wildman–Crippen LogP) is 3.57.